The molecule has 6 rings (SSSR count). The van der Waals surface area contributed by atoms with Crippen LogP contribution in [0.1, 0.15) is 79.2 Å². The summed E-state index contributed by atoms with van der Waals surface area (Å²) in [7, 11) is 1.98. The van der Waals surface area contributed by atoms with Crippen LogP contribution in [0, 0.1) is 11.8 Å². The molecule has 2 aliphatic carbocycles. The van der Waals surface area contributed by atoms with E-state index in [1.54, 1.807) is 10.9 Å². The van der Waals surface area contributed by atoms with E-state index >= 15 is 0 Å². The highest BCUT2D eigenvalue weighted by Crippen LogP contribution is 2.51. The van der Waals surface area contributed by atoms with Gasteiger partial charge in [0.25, 0.3) is 11.5 Å². The van der Waals surface area contributed by atoms with Gasteiger partial charge in [-0.1, -0.05) is 25.5 Å². The quantitative estimate of drug-likeness (QED) is 0.483. The van der Waals surface area contributed by atoms with Crippen LogP contribution in [0.25, 0.3) is 0 Å². The second kappa shape index (κ2) is 10.1. The first-order chi connectivity index (χ1) is 18.4. The minimum absolute atomic E-state index is 0.198. The summed E-state index contributed by atoms with van der Waals surface area (Å²) in [5.74, 6) is 1.75. The van der Waals surface area contributed by atoms with Crippen LogP contribution in [0.5, 0.6) is 0 Å². The van der Waals surface area contributed by atoms with Gasteiger partial charge in [-0.25, -0.2) is 0 Å². The molecular weight excluding hydrogens is 476 g/mol. The van der Waals surface area contributed by atoms with Gasteiger partial charge in [-0.2, -0.15) is 0 Å². The zero-order chi connectivity index (χ0) is 26.3. The normalized spacial score (nSPS) is 23.7. The van der Waals surface area contributed by atoms with E-state index in [0.29, 0.717) is 24.1 Å². The molecule has 8 nitrogen and oxygen atoms in total. The second-order valence-electron chi connectivity index (χ2n) is 11.9. The SMILES string of the molecule is CC1CC(c2cccc(NC(=O)c3cc(CN4CCCCC4)cn(CC4CC4)c3=O)c2)(c2nncn2C)C1. The predicted molar refractivity (Wildman–Crippen MR) is 147 cm³/mol. The predicted octanol–water partition coefficient (Wildman–Crippen LogP) is 4.34. The van der Waals surface area contributed by atoms with Crippen molar-refractivity contribution in [2.75, 3.05) is 18.4 Å². The lowest BCUT2D eigenvalue weighted by atomic mass is 9.58. The lowest BCUT2D eigenvalue weighted by Crippen LogP contribution is -2.43. The van der Waals surface area contributed by atoms with Crippen molar-refractivity contribution in [2.24, 2.45) is 18.9 Å². The molecule has 3 heterocycles. The molecule has 38 heavy (non-hydrogen) atoms. The molecule has 3 aromatic rings. The van der Waals surface area contributed by atoms with Gasteiger partial charge in [0.05, 0.1) is 5.41 Å². The summed E-state index contributed by atoms with van der Waals surface area (Å²) in [5.41, 5.74) is 2.67. The Bertz CT molecular complexity index is 1380. The lowest BCUT2D eigenvalue weighted by molar-refractivity contribution is 0.102. The van der Waals surface area contributed by atoms with Crippen LogP contribution in [-0.4, -0.2) is 43.2 Å². The summed E-state index contributed by atoms with van der Waals surface area (Å²) < 4.78 is 3.77. The highest BCUT2D eigenvalue weighted by atomic mass is 16.2. The highest BCUT2D eigenvalue weighted by molar-refractivity contribution is 6.04. The fraction of sp³-hybridized carbons (Fsp3) is 0.533. The highest BCUT2D eigenvalue weighted by Gasteiger charge is 2.48. The Hall–Kier alpha value is -3.26. The molecular formula is C30H38N6O2. The van der Waals surface area contributed by atoms with Crippen LogP contribution in [0.2, 0.25) is 0 Å². The Morgan fingerprint density at radius 3 is 2.61 bits per heavy atom. The van der Waals surface area contributed by atoms with Crippen molar-refractivity contribution in [3.8, 4) is 0 Å². The molecule has 1 aromatic carbocycles. The molecule has 8 heteroatoms. The van der Waals surface area contributed by atoms with Gasteiger partial charge in [-0.3, -0.25) is 14.5 Å². The van der Waals surface area contributed by atoms with Crippen molar-refractivity contribution in [2.45, 2.75) is 70.4 Å². The van der Waals surface area contributed by atoms with Crippen molar-refractivity contribution in [1.82, 2.24) is 24.2 Å². The Kier molecular flexibility index (Phi) is 6.68. The number of hydrogen-bond donors (Lipinski definition) is 1. The summed E-state index contributed by atoms with van der Waals surface area (Å²) in [6.07, 6.45) is 11.7. The van der Waals surface area contributed by atoms with E-state index in [1.165, 1.54) is 19.3 Å². The Labute approximate surface area is 224 Å². The molecule has 0 atom stereocenters. The number of aryl methyl sites for hydroxylation is 1. The minimum atomic E-state index is -0.341. The molecule has 2 aromatic heterocycles. The standard InChI is InChI=1S/C30H38N6O2/c1-21-15-30(16-21,29-33-31-20-34(29)2)24-7-6-8-25(14-24)32-27(37)26-13-23(17-35-11-4-3-5-12-35)19-36(28(26)38)18-22-9-10-22/h6-8,13-14,19-22H,3-5,9-12,15-18H2,1-2H3,(H,32,37). The number of amides is 1. The number of rotatable bonds is 8. The molecule has 2 saturated carbocycles. The van der Waals surface area contributed by atoms with E-state index < -0.39 is 0 Å². The van der Waals surface area contributed by atoms with Gasteiger partial charge in [0.1, 0.15) is 17.7 Å². The van der Waals surface area contributed by atoms with Crippen molar-refractivity contribution in [1.29, 1.82) is 0 Å². The number of carbonyl (C=O) groups is 1. The fourth-order valence-corrected chi connectivity index (χ4v) is 6.52. The Morgan fingerprint density at radius 1 is 1.13 bits per heavy atom. The smallest absolute Gasteiger partial charge is 0.263 e. The van der Waals surface area contributed by atoms with E-state index in [0.717, 1.165) is 62.3 Å². The number of likely N-dealkylation sites (tertiary alicyclic amines) is 1. The maximum Gasteiger partial charge on any atom is 0.263 e. The lowest BCUT2D eigenvalue weighted by Gasteiger charge is -2.46. The number of benzene rings is 1. The number of pyridine rings is 1. The third-order valence-corrected chi connectivity index (χ3v) is 8.60. The molecule has 200 valence electrons. The van der Waals surface area contributed by atoms with Gasteiger partial charge >= 0.3 is 0 Å². The first-order valence-electron chi connectivity index (χ1n) is 14.1. The summed E-state index contributed by atoms with van der Waals surface area (Å²) >= 11 is 0. The molecule has 3 fully saturated rings. The zero-order valence-electron chi connectivity index (χ0n) is 22.5. The van der Waals surface area contributed by atoms with E-state index in [4.69, 9.17) is 0 Å². The first-order valence-corrected chi connectivity index (χ1v) is 14.1. The topological polar surface area (TPSA) is 85.1 Å². The number of anilines is 1. The summed E-state index contributed by atoms with van der Waals surface area (Å²) in [5, 5.41) is 11.6. The Morgan fingerprint density at radius 2 is 1.92 bits per heavy atom. The number of nitrogens with one attached hydrogen (secondary N) is 1. The molecule has 1 saturated heterocycles. The van der Waals surface area contributed by atoms with E-state index in [2.05, 4.69) is 33.4 Å². The van der Waals surface area contributed by atoms with Crippen molar-refractivity contribution in [3.63, 3.8) is 0 Å². The summed E-state index contributed by atoms with van der Waals surface area (Å²) in [6, 6.07) is 9.84. The number of nitrogens with zero attached hydrogens (tertiary/aromatic N) is 5. The van der Waals surface area contributed by atoms with Crippen molar-refractivity contribution < 1.29 is 4.79 Å². The van der Waals surface area contributed by atoms with Crippen LogP contribution in [0.15, 0.2) is 47.7 Å². The summed E-state index contributed by atoms with van der Waals surface area (Å²) in [6.45, 7) is 5.87. The van der Waals surface area contributed by atoms with Crippen LogP contribution in [0.3, 0.4) is 0 Å². The Balaban J connectivity index is 1.28. The molecule has 1 N–H and O–H groups in total. The van der Waals surface area contributed by atoms with E-state index in [-0.39, 0.29) is 22.4 Å². The molecule has 1 amide bonds. The van der Waals surface area contributed by atoms with Gasteiger partial charge < -0.3 is 14.5 Å². The van der Waals surface area contributed by atoms with Crippen molar-refractivity contribution in [3.05, 3.63) is 75.7 Å². The maximum absolute atomic E-state index is 13.5. The average molecular weight is 515 g/mol. The second-order valence-corrected chi connectivity index (χ2v) is 11.9. The maximum atomic E-state index is 13.5. The fourth-order valence-electron chi connectivity index (χ4n) is 6.52. The average Bonchev–Trinajstić information content (AvgIpc) is 3.61. The van der Waals surface area contributed by atoms with Crippen LogP contribution in [-0.2, 0) is 25.6 Å². The van der Waals surface area contributed by atoms with Crippen molar-refractivity contribution >= 4 is 11.6 Å². The van der Waals surface area contributed by atoms with Gasteiger partial charge in [0, 0.05) is 32.0 Å². The zero-order valence-corrected chi connectivity index (χ0v) is 22.5. The minimum Gasteiger partial charge on any atom is -0.322 e. The molecule has 1 aliphatic heterocycles. The largest absolute Gasteiger partial charge is 0.322 e. The van der Waals surface area contributed by atoms with Gasteiger partial charge in [0.2, 0.25) is 0 Å². The van der Waals surface area contributed by atoms with Gasteiger partial charge in [-0.15, -0.1) is 10.2 Å². The first kappa shape index (κ1) is 25.0. The van der Waals surface area contributed by atoms with E-state index in [9.17, 15) is 9.59 Å². The monoisotopic (exact) mass is 514 g/mol. The number of aromatic nitrogens is 4. The third kappa shape index (κ3) is 4.94. The van der Waals surface area contributed by atoms with Gasteiger partial charge in [0.15, 0.2) is 0 Å². The van der Waals surface area contributed by atoms with Crippen LogP contribution < -0.4 is 10.9 Å². The van der Waals surface area contributed by atoms with Gasteiger partial charge in [-0.05, 0) is 92.8 Å². The van der Waals surface area contributed by atoms with Crippen LogP contribution in [0.4, 0.5) is 5.69 Å². The number of hydrogen-bond acceptors (Lipinski definition) is 5. The molecule has 0 spiro atoms. The molecule has 0 radical (unpaired) electrons. The third-order valence-electron chi connectivity index (χ3n) is 8.60. The number of carbonyl (C=O) groups excluding carboxylic acids is 1. The number of piperidine rings is 1. The summed E-state index contributed by atoms with van der Waals surface area (Å²) in [4.78, 5) is 29.4. The molecule has 0 bridgehead atoms. The molecule has 3 aliphatic rings. The van der Waals surface area contributed by atoms with E-state index in [1.807, 2.05) is 42.1 Å². The molecule has 0 unspecified atom stereocenters. The van der Waals surface area contributed by atoms with Crippen LogP contribution >= 0.6 is 0 Å².